The zero-order chi connectivity index (χ0) is 14.5. The van der Waals surface area contributed by atoms with Crippen molar-refractivity contribution in [1.82, 2.24) is 5.32 Å². The van der Waals surface area contributed by atoms with Crippen LogP contribution in [0.15, 0.2) is 46.9 Å². The molecule has 2 rings (SSSR count). The van der Waals surface area contributed by atoms with Gasteiger partial charge in [0.1, 0.15) is 0 Å². The Hall–Kier alpha value is -0.540. The van der Waals surface area contributed by atoms with E-state index in [0.717, 1.165) is 38.6 Å². The molecule has 1 N–H and O–H groups in total. The molecule has 0 aliphatic rings. The SMILES string of the molecule is CCCNC(c1cccc(Cl)c1)c1cc(Cl)ccc1Br. The summed E-state index contributed by atoms with van der Waals surface area (Å²) in [5.74, 6) is 0. The summed E-state index contributed by atoms with van der Waals surface area (Å²) in [5.41, 5.74) is 2.25. The highest BCUT2D eigenvalue weighted by Crippen LogP contribution is 2.31. The fourth-order valence-corrected chi connectivity index (χ4v) is 2.97. The lowest BCUT2D eigenvalue weighted by atomic mass is 9.98. The van der Waals surface area contributed by atoms with Crippen molar-refractivity contribution in [3.63, 3.8) is 0 Å². The molecule has 2 aromatic rings. The van der Waals surface area contributed by atoms with Gasteiger partial charge in [0.05, 0.1) is 6.04 Å². The zero-order valence-electron chi connectivity index (χ0n) is 11.2. The third-order valence-corrected chi connectivity index (χ3v) is 4.24. The minimum absolute atomic E-state index is 0.0710. The zero-order valence-corrected chi connectivity index (χ0v) is 14.3. The van der Waals surface area contributed by atoms with E-state index in [1.807, 2.05) is 36.4 Å². The van der Waals surface area contributed by atoms with E-state index >= 15 is 0 Å². The average Bonchev–Trinajstić information content (AvgIpc) is 2.43. The van der Waals surface area contributed by atoms with E-state index in [9.17, 15) is 0 Å². The maximum Gasteiger partial charge on any atom is 0.0588 e. The van der Waals surface area contributed by atoms with Crippen LogP contribution in [0.2, 0.25) is 10.0 Å². The Balaban J connectivity index is 2.44. The standard InChI is InChI=1S/C16H16BrCl2N/c1-2-8-20-16(11-4-3-5-12(18)9-11)14-10-13(19)6-7-15(14)17/h3-7,9-10,16,20H,2,8H2,1H3. The van der Waals surface area contributed by atoms with Gasteiger partial charge in [-0.2, -0.15) is 0 Å². The normalized spacial score (nSPS) is 12.4. The van der Waals surface area contributed by atoms with Crippen molar-refractivity contribution in [3.05, 3.63) is 68.1 Å². The second-order valence-electron chi connectivity index (χ2n) is 4.61. The van der Waals surface area contributed by atoms with Gasteiger partial charge in [-0.15, -0.1) is 0 Å². The van der Waals surface area contributed by atoms with E-state index in [-0.39, 0.29) is 6.04 Å². The molecule has 106 valence electrons. The molecule has 0 heterocycles. The van der Waals surface area contributed by atoms with Crippen LogP contribution in [0, 0.1) is 0 Å². The predicted octanol–water partition coefficient (Wildman–Crippen LogP) is 5.84. The molecular formula is C16H16BrCl2N. The van der Waals surface area contributed by atoms with Gasteiger partial charge >= 0.3 is 0 Å². The molecule has 1 unspecified atom stereocenters. The van der Waals surface area contributed by atoms with Gasteiger partial charge in [-0.1, -0.05) is 58.2 Å². The van der Waals surface area contributed by atoms with Gasteiger partial charge in [0.25, 0.3) is 0 Å². The highest BCUT2D eigenvalue weighted by atomic mass is 79.9. The van der Waals surface area contributed by atoms with Crippen LogP contribution in [0.25, 0.3) is 0 Å². The second-order valence-corrected chi connectivity index (χ2v) is 6.34. The number of halogens is 3. The first-order valence-corrected chi connectivity index (χ1v) is 8.10. The van der Waals surface area contributed by atoms with Crippen molar-refractivity contribution in [2.45, 2.75) is 19.4 Å². The van der Waals surface area contributed by atoms with Gasteiger partial charge in [-0.05, 0) is 54.4 Å². The lowest BCUT2D eigenvalue weighted by molar-refractivity contribution is 0.597. The minimum atomic E-state index is 0.0710. The maximum atomic E-state index is 6.14. The van der Waals surface area contributed by atoms with Crippen LogP contribution in [0.4, 0.5) is 0 Å². The van der Waals surface area contributed by atoms with Crippen molar-refractivity contribution in [3.8, 4) is 0 Å². The first-order chi connectivity index (χ1) is 9.61. The fraction of sp³-hybridized carbons (Fsp3) is 0.250. The summed E-state index contributed by atoms with van der Waals surface area (Å²) in [4.78, 5) is 0. The number of rotatable bonds is 5. The van der Waals surface area contributed by atoms with Crippen LogP contribution < -0.4 is 5.32 Å². The summed E-state index contributed by atoms with van der Waals surface area (Å²) in [5, 5.41) is 5.02. The molecule has 0 bridgehead atoms. The molecule has 0 aromatic heterocycles. The third-order valence-electron chi connectivity index (χ3n) is 3.05. The van der Waals surface area contributed by atoms with Gasteiger partial charge in [-0.25, -0.2) is 0 Å². The molecule has 0 fully saturated rings. The third kappa shape index (κ3) is 3.98. The van der Waals surface area contributed by atoms with E-state index in [0.29, 0.717) is 0 Å². The molecule has 1 atom stereocenters. The van der Waals surface area contributed by atoms with Crippen molar-refractivity contribution >= 4 is 39.1 Å². The summed E-state index contributed by atoms with van der Waals surface area (Å²) >= 11 is 15.9. The molecule has 0 aliphatic carbocycles. The van der Waals surface area contributed by atoms with Crippen LogP contribution in [-0.4, -0.2) is 6.54 Å². The minimum Gasteiger partial charge on any atom is -0.306 e. The number of hydrogen-bond acceptors (Lipinski definition) is 1. The van der Waals surface area contributed by atoms with Gasteiger partial charge in [0, 0.05) is 14.5 Å². The summed E-state index contributed by atoms with van der Waals surface area (Å²) in [6, 6.07) is 13.8. The Labute approximate surface area is 138 Å². The molecule has 1 nitrogen and oxygen atoms in total. The molecular weight excluding hydrogens is 357 g/mol. The van der Waals surface area contributed by atoms with Crippen molar-refractivity contribution in [1.29, 1.82) is 0 Å². The fourth-order valence-electron chi connectivity index (χ4n) is 2.12. The van der Waals surface area contributed by atoms with E-state index in [1.54, 1.807) is 0 Å². The summed E-state index contributed by atoms with van der Waals surface area (Å²) in [6.07, 6.45) is 1.06. The predicted molar refractivity (Wildman–Crippen MR) is 90.7 cm³/mol. The van der Waals surface area contributed by atoms with Gasteiger partial charge in [-0.3, -0.25) is 0 Å². The average molecular weight is 373 g/mol. The molecule has 0 spiro atoms. The van der Waals surface area contributed by atoms with Crippen molar-refractivity contribution in [2.75, 3.05) is 6.54 Å². The molecule has 0 radical (unpaired) electrons. The largest absolute Gasteiger partial charge is 0.306 e. The van der Waals surface area contributed by atoms with E-state index in [4.69, 9.17) is 23.2 Å². The lowest BCUT2D eigenvalue weighted by Crippen LogP contribution is -2.23. The topological polar surface area (TPSA) is 12.0 Å². The Kier molecular flexibility index (Phi) is 5.91. The number of hydrogen-bond donors (Lipinski definition) is 1. The smallest absolute Gasteiger partial charge is 0.0588 e. The molecule has 20 heavy (non-hydrogen) atoms. The monoisotopic (exact) mass is 371 g/mol. The van der Waals surface area contributed by atoms with Crippen LogP contribution in [-0.2, 0) is 0 Å². The van der Waals surface area contributed by atoms with E-state index in [2.05, 4.69) is 34.2 Å². The Morgan fingerprint density at radius 1 is 1.10 bits per heavy atom. The van der Waals surface area contributed by atoms with Crippen LogP contribution in [0.3, 0.4) is 0 Å². The number of nitrogens with one attached hydrogen (secondary N) is 1. The molecule has 0 amide bonds. The van der Waals surface area contributed by atoms with Gasteiger partial charge < -0.3 is 5.32 Å². The Bertz CT molecular complexity index is 586. The number of benzene rings is 2. The molecule has 0 saturated carbocycles. The Morgan fingerprint density at radius 3 is 2.55 bits per heavy atom. The first-order valence-electron chi connectivity index (χ1n) is 6.55. The van der Waals surface area contributed by atoms with Gasteiger partial charge in [0.2, 0.25) is 0 Å². The Morgan fingerprint density at radius 2 is 1.85 bits per heavy atom. The maximum absolute atomic E-state index is 6.14. The molecule has 0 saturated heterocycles. The second kappa shape index (κ2) is 7.46. The molecule has 2 aromatic carbocycles. The summed E-state index contributed by atoms with van der Waals surface area (Å²) < 4.78 is 1.04. The highest BCUT2D eigenvalue weighted by molar-refractivity contribution is 9.10. The van der Waals surface area contributed by atoms with E-state index in [1.165, 1.54) is 0 Å². The summed E-state index contributed by atoms with van der Waals surface area (Å²) in [6.45, 7) is 3.07. The molecule has 0 aliphatic heterocycles. The quantitative estimate of drug-likeness (QED) is 0.694. The highest BCUT2D eigenvalue weighted by Gasteiger charge is 2.16. The van der Waals surface area contributed by atoms with Crippen molar-refractivity contribution in [2.24, 2.45) is 0 Å². The first kappa shape index (κ1) is 15.8. The summed E-state index contributed by atoms with van der Waals surface area (Å²) in [7, 11) is 0. The van der Waals surface area contributed by atoms with Crippen molar-refractivity contribution < 1.29 is 0 Å². The van der Waals surface area contributed by atoms with Crippen LogP contribution in [0.1, 0.15) is 30.5 Å². The lowest BCUT2D eigenvalue weighted by Gasteiger charge is -2.21. The molecule has 4 heteroatoms. The van der Waals surface area contributed by atoms with Crippen LogP contribution >= 0.6 is 39.1 Å². The van der Waals surface area contributed by atoms with Gasteiger partial charge in [0.15, 0.2) is 0 Å². The van der Waals surface area contributed by atoms with Crippen LogP contribution in [0.5, 0.6) is 0 Å². The van der Waals surface area contributed by atoms with E-state index < -0.39 is 0 Å².